The van der Waals surface area contributed by atoms with E-state index in [1.807, 2.05) is 0 Å². The Hall–Kier alpha value is -6.74. The number of nitrogens with zero attached hydrogens (tertiary/aromatic N) is 2. The fourth-order valence-corrected chi connectivity index (χ4v) is 5.21. The molecule has 0 atom stereocenters. The van der Waals surface area contributed by atoms with Crippen molar-refractivity contribution in [2.75, 3.05) is 28.4 Å². The maximum absolute atomic E-state index is 13.6. The fourth-order valence-electron chi connectivity index (χ4n) is 4.99. The lowest BCUT2D eigenvalue weighted by Gasteiger charge is -2.05. The summed E-state index contributed by atoms with van der Waals surface area (Å²) in [4.78, 5) is 31.2. The molecule has 290 valence electrons. The van der Waals surface area contributed by atoms with Gasteiger partial charge in [-0.15, -0.1) is 0 Å². The Kier molecular flexibility index (Phi) is 14.7. The Labute approximate surface area is 320 Å². The molecule has 0 bridgehead atoms. The number of halogens is 6. The standard InChI is InChI=1S/C10H7ClFNO.C10H7F2NO.C10H8FNO2.C10H9FO3/c1-14-8-3-2-7-6(9(8)12)4-5-13-10(7)11;1-14-8-3-2-7-6(9(8)11)4-5-13-10(7)12;1-14-8-3-2-7-6(9(8)11)4-5-12-10(7)13;1-14-8-4-2-3-7(10(8)11)5-6-9(12)13/h2*2-5H,1H3;2-5H,1H3,(H,12,13);2-6H,1H3,(H,12,13)/b;;;6-5+. The van der Waals surface area contributed by atoms with Gasteiger partial charge >= 0.3 is 5.97 Å². The minimum Gasteiger partial charge on any atom is -0.494 e. The van der Waals surface area contributed by atoms with Crippen molar-refractivity contribution in [1.82, 2.24) is 15.0 Å². The van der Waals surface area contributed by atoms with Gasteiger partial charge in [0.05, 0.1) is 33.8 Å². The molecule has 7 aromatic rings. The number of hydrogen-bond donors (Lipinski definition) is 2. The van der Waals surface area contributed by atoms with Crippen molar-refractivity contribution < 1.29 is 50.8 Å². The number of aromatic amines is 1. The van der Waals surface area contributed by atoms with E-state index >= 15 is 0 Å². The normalized spacial score (nSPS) is 10.5. The van der Waals surface area contributed by atoms with Gasteiger partial charge in [-0.1, -0.05) is 23.7 Å². The van der Waals surface area contributed by atoms with E-state index in [0.717, 1.165) is 6.08 Å². The molecule has 56 heavy (non-hydrogen) atoms. The highest BCUT2D eigenvalue weighted by Gasteiger charge is 2.12. The second-order valence-corrected chi connectivity index (χ2v) is 11.3. The Morgan fingerprint density at radius 1 is 0.625 bits per heavy atom. The third-order valence-corrected chi connectivity index (χ3v) is 8.02. The number of benzene rings is 4. The Morgan fingerprint density at radius 3 is 1.66 bits per heavy atom. The van der Waals surface area contributed by atoms with Crippen LogP contribution in [0.15, 0.2) is 102 Å². The molecule has 0 aliphatic rings. The molecule has 0 amide bonds. The van der Waals surface area contributed by atoms with Gasteiger partial charge in [-0.2, -0.15) is 4.39 Å². The molecule has 0 spiro atoms. The summed E-state index contributed by atoms with van der Waals surface area (Å²) >= 11 is 5.81. The first-order valence-electron chi connectivity index (χ1n) is 16.0. The number of nitrogens with one attached hydrogen (secondary N) is 1. The van der Waals surface area contributed by atoms with Crippen molar-refractivity contribution in [3.8, 4) is 23.0 Å². The second kappa shape index (κ2) is 19.5. The summed E-state index contributed by atoms with van der Waals surface area (Å²) in [7, 11) is 5.52. The van der Waals surface area contributed by atoms with Gasteiger partial charge in [0.2, 0.25) is 5.95 Å². The van der Waals surface area contributed by atoms with E-state index in [9.17, 15) is 31.5 Å². The minimum atomic E-state index is -1.12. The van der Waals surface area contributed by atoms with Crippen LogP contribution in [0.3, 0.4) is 0 Å². The molecule has 0 fully saturated rings. The average molecular weight is 796 g/mol. The SMILES string of the molecule is COc1ccc2c(=O)[nH]ccc2c1F.COc1ccc2c(Cl)nccc2c1F.COc1ccc2c(F)nccc2c1F.COc1cccc(/C=C/C(=O)O)c1F. The van der Waals surface area contributed by atoms with Crippen LogP contribution in [0.5, 0.6) is 23.0 Å². The van der Waals surface area contributed by atoms with Crippen LogP contribution in [0, 0.1) is 29.2 Å². The number of carboxylic acid groups (broad SMARTS) is 1. The van der Waals surface area contributed by atoms with Crippen LogP contribution < -0.4 is 24.5 Å². The van der Waals surface area contributed by atoms with Crippen LogP contribution in [0.4, 0.5) is 22.0 Å². The molecular formula is C40H31ClF5N3O7. The van der Waals surface area contributed by atoms with Crippen molar-refractivity contribution in [1.29, 1.82) is 0 Å². The summed E-state index contributed by atoms with van der Waals surface area (Å²) in [5.41, 5.74) is -0.115. The lowest BCUT2D eigenvalue weighted by molar-refractivity contribution is -0.131. The van der Waals surface area contributed by atoms with Crippen LogP contribution >= 0.6 is 11.6 Å². The third-order valence-electron chi connectivity index (χ3n) is 7.72. The molecule has 0 saturated heterocycles. The quantitative estimate of drug-likeness (QED) is 0.0961. The van der Waals surface area contributed by atoms with Crippen molar-refractivity contribution in [3.63, 3.8) is 0 Å². The van der Waals surface area contributed by atoms with Crippen LogP contribution in [0.2, 0.25) is 5.15 Å². The number of methoxy groups -OCH3 is 4. The van der Waals surface area contributed by atoms with E-state index < -0.39 is 35.2 Å². The van der Waals surface area contributed by atoms with E-state index in [2.05, 4.69) is 15.0 Å². The lowest BCUT2D eigenvalue weighted by Crippen LogP contribution is -2.05. The number of ether oxygens (including phenoxy) is 4. The molecule has 16 heteroatoms. The summed E-state index contributed by atoms with van der Waals surface area (Å²) in [5.74, 6) is -3.29. The van der Waals surface area contributed by atoms with Gasteiger partial charge in [-0.3, -0.25) is 4.79 Å². The highest BCUT2D eigenvalue weighted by atomic mass is 35.5. The molecular weight excluding hydrogens is 765 g/mol. The van der Waals surface area contributed by atoms with Gasteiger partial charge in [-0.05, 0) is 66.7 Å². The van der Waals surface area contributed by atoms with Crippen molar-refractivity contribution in [3.05, 3.63) is 148 Å². The summed E-state index contributed by atoms with van der Waals surface area (Å²) in [6.07, 6.45) is 6.15. The maximum Gasteiger partial charge on any atom is 0.328 e. The van der Waals surface area contributed by atoms with E-state index in [4.69, 9.17) is 35.7 Å². The van der Waals surface area contributed by atoms with Crippen molar-refractivity contribution in [2.45, 2.75) is 0 Å². The zero-order valence-electron chi connectivity index (χ0n) is 29.9. The highest BCUT2D eigenvalue weighted by Crippen LogP contribution is 2.30. The zero-order chi connectivity index (χ0) is 40.9. The van der Waals surface area contributed by atoms with E-state index in [1.165, 1.54) is 108 Å². The summed E-state index contributed by atoms with van der Waals surface area (Å²) in [6, 6.07) is 18.0. The largest absolute Gasteiger partial charge is 0.494 e. The maximum atomic E-state index is 13.6. The first-order valence-corrected chi connectivity index (χ1v) is 16.3. The van der Waals surface area contributed by atoms with Crippen LogP contribution in [-0.4, -0.2) is 54.5 Å². The predicted molar refractivity (Wildman–Crippen MR) is 202 cm³/mol. The van der Waals surface area contributed by atoms with Gasteiger partial charge < -0.3 is 29.0 Å². The first-order chi connectivity index (χ1) is 26.9. The molecule has 0 aliphatic heterocycles. The fraction of sp³-hybridized carbons (Fsp3) is 0.100. The predicted octanol–water partition coefficient (Wildman–Crippen LogP) is 9.17. The van der Waals surface area contributed by atoms with E-state index in [1.54, 1.807) is 18.2 Å². The van der Waals surface area contributed by atoms with Crippen LogP contribution in [0.25, 0.3) is 38.4 Å². The van der Waals surface area contributed by atoms with Crippen molar-refractivity contribution >= 4 is 56.0 Å². The monoisotopic (exact) mass is 795 g/mol. The molecule has 3 heterocycles. The average Bonchev–Trinajstić information content (AvgIpc) is 3.20. The van der Waals surface area contributed by atoms with Gasteiger partial charge in [0.15, 0.2) is 46.3 Å². The van der Waals surface area contributed by atoms with E-state index in [-0.39, 0.29) is 50.3 Å². The zero-order valence-corrected chi connectivity index (χ0v) is 30.6. The van der Waals surface area contributed by atoms with E-state index in [0.29, 0.717) is 21.3 Å². The first kappa shape index (κ1) is 42.0. The number of aromatic nitrogens is 3. The van der Waals surface area contributed by atoms with Crippen LogP contribution in [-0.2, 0) is 4.79 Å². The van der Waals surface area contributed by atoms with Crippen LogP contribution in [0.1, 0.15) is 5.56 Å². The minimum absolute atomic E-state index is 0.0949. The second-order valence-electron chi connectivity index (χ2n) is 10.9. The smallest absolute Gasteiger partial charge is 0.328 e. The van der Waals surface area contributed by atoms with Gasteiger partial charge in [0, 0.05) is 57.2 Å². The molecule has 0 unspecified atom stereocenters. The van der Waals surface area contributed by atoms with Gasteiger partial charge in [0.25, 0.3) is 5.56 Å². The molecule has 10 nitrogen and oxygen atoms in total. The molecule has 2 N–H and O–H groups in total. The molecule has 0 radical (unpaired) electrons. The van der Waals surface area contributed by atoms with Crippen molar-refractivity contribution in [2.24, 2.45) is 0 Å². The molecule has 4 aromatic carbocycles. The summed E-state index contributed by atoms with van der Waals surface area (Å²) < 4.78 is 86.3. The number of pyridine rings is 3. The number of carbonyl (C=O) groups is 1. The number of rotatable bonds is 6. The summed E-state index contributed by atoms with van der Waals surface area (Å²) in [6.45, 7) is 0. The number of fused-ring (bicyclic) bond motifs is 3. The topological polar surface area (TPSA) is 133 Å². The van der Waals surface area contributed by atoms with Gasteiger partial charge in [0.1, 0.15) is 5.15 Å². The molecule has 0 aliphatic carbocycles. The Balaban J connectivity index is 0.000000166. The van der Waals surface area contributed by atoms with Gasteiger partial charge in [-0.25, -0.2) is 32.3 Å². The number of carboxylic acids is 1. The Morgan fingerprint density at radius 2 is 1.11 bits per heavy atom. The molecule has 3 aromatic heterocycles. The summed E-state index contributed by atoms with van der Waals surface area (Å²) in [5, 5.41) is 10.6. The molecule has 0 saturated carbocycles. The number of hydrogen-bond acceptors (Lipinski definition) is 8. The third kappa shape index (κ3) is 9.86. The highest BCUT2D eigenvalue weighted by molar-refractivity contribution is 6.34. The number of aliphatic carboxylic acids is 1. The Bertz CT molecular complexity index is 2500. The molecule has 7 rings (SSSR count). The lowest BCUT2D eigenvalue weighted by atomic mass is 10.1. The number of H-pyrrole nitrogens is 1.